The molecule has 0 saturated heterocycles. The van der Waals surface area contributed by atoms with Crippen LogP contribution in [0.25, 0.3) is 0 Å². The molecule has 0 radical (unpaired) electrons. The van der Waals surface area contributed by atoms with E-state index in [1.807, 2.05) is 0 Å². The lowest BCUT2D eigenvalue weighted by molar-refractivity contribution is -0.140. The van der Waals surface area contributed by atoms with Gasteiger partial charge in [0.1, 0.15) is 17.3 Å². The van der Waals surface area contributed by atoms with Crippen molar-refractivity contribution in [2.45, 2.75) is 44.1 Å². The summed E-state index contributed by atoms with van der Waals surface area (Å²) in [4.78, 5) is 35.0. The SMILES string of the molecule is COc1cc(C(=O)O)ccc1Cc1ncc2c(n1)N(C1CCCC1)CC(F)(F)C(=O)N2C. The zero-order valence-electron chi connectivity index (χ0n) is 17.8. The zero-order valence-corrected chi connectivity index (χ0v) is 17.8. The largest absolute Gasteiger partial charge is 0.496 e. The minimum atomic E-state index is -3.53. The highest BCUT2D eigenvalue weighted by molar-refractivity contribution is 6.01. The predicted molar refractivity (Wildman–Crippen MR) is 113 cm³/mol. The van der Waals surface area contributed by atoms with Crippen LogP contribution in [-0.2, 0) is 11.2 Å². The van der Waals surface area contributed by atoms with Crippen molar-refractivity contribution in [1.29, 1.82) is 0 Å². The van der Waals surface area contributed by atoms with E-state index in [1.54, 1.807) is 11.0 Å². The van der Waals surface area contributed by atoms with Crippen LogP contribution in [0, 0.1) is 0 Å². The molecular formula is C22H24F2N4O4. The van der Waals surface area contributed by atoms with Crippen molar-refractivity contribution in [2.24, 2.45) is 0 Å². The van der Waals surface area contributed by atoms with Crippen LogP contribution in [0.15, 0.2) is 24.4 Å². The molecule has 0 atom stereocenters. The minimum Gasteiger partial charge on any atom is -0.496 e. The Hall–Kier alpha value is -3.30. The molecule has 0 bridgehead atoms. The van der Waals surface area contributed by atoms with Gasteiger partial charge in [-0.15, -0.1) is 0 Å². The second-order valence-electron chi connectivity index (χ2n) is 8.14. The Morgan fingerprint density at radius 3 is 2.69 bits per heavy atom. The first kappa shape index (κ1) is 21.9. The lowest BCUT2D eigenvalue weighted by atomic mass is 10.1. The second-order valence-corrected chi connectivity index (χ2v) is 8.14. The van der Waals surface area contributed by atoms with Gasteiger partial charge in [-0.3, -0.25) is 4.79 Å². The van der Waals surface area contributed by atoms with Crippen LogP contribution in [0.4, 0.5) is 20.3 Å². The van der Waals surface area contributed by atoms with E-state index in [9.17, 15) is 23.5 Å². The first-order chi connectivity index (χ1) is 15.2. The molecule has 4 rings (SSSR count). The van der Waals surface area contributed by atoms with E-state index in [0.717, 1.165) is 30.6 Å². The van der Waals surface area contributed by atoms with E-state index in [4.69, 9.17) is 4.74 Å². The fourth-order valence-electron chi connectivity index (χ4n) is 4.36. The molecule has 1 aliphatic carbocycles. The molecule has 32 heavy (non-hydrogen) atoms. The van der Waals surface area contributed by atoms with Crippen LogP contribution in [0.5, 0.6) is 5.75 Å². The molecule has 0 spiro atoms. The number of fused-ring (bicyclic) bond motifs is 1. The number of carbonyl (C=O) groups is 2. The minimum absolute atomic E-state index is 0.0863. The summed E-state index contributed by atoms with van der Waals surface area (Å²) in [6.45, 7) is -0.721. The molecular weight excluding hydrogens is 422 g/mol. The van der Waals surface area contributed by atoms with E-state index >= 15 is 0 Å². The normalized spacial score (nSPS) is 18.4. The Kier molecular flexibility index (Phi) is 5.70. The number of hydrogen-bond acceptors (Lipinski definition) is 6. The number of aromatic nitrogens is 2. The van der Waals surface area contributed by atoms with Gasteiger partial charge in [0.05, 0.1) is 25.4 Å². The highest BCUT2D eigenvalue weighted by Gasteiger charge is 2.48. The number of carboxylic acids is 1. The highest BCUT2D eigenvalue weighted by atomic mass is 19.3. The van der Waals surface area contributed by atoms with Gasteiger partial charge in [-0.05, 0) is 25.0 Å². The number of amides is 1. The molecule has 1 aromatic carbocycles. The van der Waals surface area contributed by atoms with Gasteiger partial charge in [-0.25, -0.2) is 14.8 Å². The van der Waals surface area contributed by atoms with Crippen molar-refractivity contribution >= 4 is 23.4 Å². The maximum Gasteiger partial charge on any atom is 0.342 e. The van der Waals surface area contributed by atoms with Gasteiger partial charge >= 0.3 is 11.9 Å². The van der Waals surface area contributed by atoms with Crippen LogP contribution < -0.4 is 14.5 Å². The molecule has 1 aromatic heterocycles. The topological polar surface area (TPSA) is 95.9 Å². The van der Waals surface area contributed by atoms with Crippen LogP contribution in [0.2, 0.25) is 0 Å². The Morgan fingerprint density at radius 1 is 1.31 bits per heavy atom. The molecule has 2 heterocycles. The number of methoxy groups -OCH3 is 1. The van der Waals surface area contributed by atoms with Gasteiger partial charge in [0.25, 0.3) is 5.91 Å². The summed E-state index contributed by atoms with van der Waals surface area (Å²) in [7, 11) is 2.75. The Morgan fingerprint density at radius 2 is 2.03 bits per heavy atom. The fraction of sp³-hybridized carbons (Fsp3) is 0.455. The lowest BCUT2D eigenvalue weighted by Crippen LogP contribution is -2.48. The predicted octanol–water partition coefficient (Wildman–Crippen LogP) is 3.13. The molecule has 2 aromatic rings. The summed E-state index contributed by atoms with van der Waals surface area (Å²) in [5.74, 6) is -4.84. The van der Waals surface area contributed by atoms with Crippen molar-refractivity contribution in [3.8, 4) is 5.75 Å². The molecule has 1 fully saturated rings. The number of carboxylic acid groups (broad SMARTS) is 1. The van der Waals surface area contributed by atoms with Crippen molar-refractivity contribution in [3.05, 3.63) is 41.3 Å². The number of rotatable bonds is 5. The molecule has 1 amide bonds. The number of alkyl halides is 2. The monoisotopic (exact) mass is 446 g/mol. The molecule has 0 unspecified atom stereocenters. The van der Waals surface area contributed by atoms with Gasteiger partial charge in [0, 0.05) is 25.1 Å². The average Bonchev–Trinajstić information content (AvgIpc) is 3.29. The van der Waals surface area contributed by atoms with Crippen LogP contribution in [0.3, 0.4) is 0 Å². The van der Waals surface area contributed by atoms with Gasteiger partial charge < -0.3 is 19.6 Å². The number of nitrogens with zero attached hydrogens (tertiary/aromatic N) is 4. The number of halogens is 2. The number of benzene rings is 1. The Labute approximate surface area is 183 Å². The summed E-state index contributed by atoms with van der Waals surface area (Å²) in [5.41, 5.74) is 0.993. The average molecular weight is 446 g/mol. The van der Waals surface area contributed by atoms with E-state index in [2.05, 4.69) is 9.97 Å². The number of hydrogen-bond donors (Lipinski definition) is 1. The maximum atomic E-state index is 14.7. The molecule has 2 aliphatic rings. The molecule has 8 nitrogen and oxygen atoms in total. The summed E-state index contributed by atoms with van der Waals surface area (Å²) < 4.78 is 34.7. The fourth-order valence-corrected chi connectivity index (χ4v) is 4.36. The molecule has 170 valence electrons. The van der Waals surface area contributed by atoms with Gasteiger partial charge in [-0.1, -0.05) is 18.9 Å². The van der Waals surface area contributed by atoms with Crippen molar-refractivity contribution < 1.29 is 28.2 Å². The van der Waals surface area contributed by atoms with Crippen LogP contribution >= 0.6 is 0 Å². The Bertz CT molecular complexity index is 1060. The zero-order chi connectivity index (χ0) is 23.0. The smallest absolute Gasteiger partial charge is 0.342 e. The van der Waals surface area contributed by atoms with E-state index in [0.29, 0.717) is 23.0 Å². The quantitative estimate of drug-likeness (QED) is 0.754. The number of carbonyl (C=O) groups excluding carboxylic acids is 1. The summed E-state index contributed by atoms with van der Waals surface area (Å²) >= 11 is 0. The van der Waals surface area contributed by atoms with E-state index in [-0.39, 0.29) is 23.7 Å². The van der Waals surface area contributed by atoms with Crippen molar-refractivity contribution in [3.63, 3.8) is 0 Å². The maximum absolute atomic E-state index is 14.7. The highest BCUT2D eigenvalue weighted by Crippen LogP contribution is 2.39. The van der Waals surface area contributed by atoms with E-state index < -0.39 is 24.3 Å². The summed E-state index contributed by atoms with van der Waals surface area (Å²) in [5, 5.41) is 9.19. The third-order valence-electron chi connectivity index (χ3n) is 6.07. The molecule has 1 aliphatic heterocycles. The van der Waals surface area contributed by atoms with Crippen LogP contribution in [0.1, 0.15) is 47.4 Å². The van der Waals surface area contributed by atoms with Crippen molar-refractivity contribution in [2.75, 3.05) is 30.5 Å². The van der Waals surface area contributed by atoms with E-state index in [1.165, 1.54) is 32.5 Å². The number of anilines is 2. The summed E-state index contributed by atoms with van der Waals surface area (Å²) in [6.07, 6.45) is 5.02. The van der Waals surface area contributed by atoms with Gasteiger partial charge in [0.2, 0.25) is 0 Å². The van der Waals surface area contributed by atoms with Crippen LogP contribution in [-0.4, -0.2) is 59.6 Å². The second kappa shape index (κ2) is 8.33. The lowest BCUT2D eigenvalue weighted by Gasteiger charge is -2.31. The molecule has 1 N–H and O–H groups in total. The third-order valence-corrected chi connectivity index (χ3v) is 6.07. The number of ether oxygens (including phenoxy) is 1. The van der Waals surface area contributed by atoms with Gasteiger partial charge in [-0.2, -0.15) is 8.78 Å². The Balaban J connectivity index is 1.74. The van der Waals surface area contributed by atoms with Crippen molar-refractivity contribution in [1.82, 2.24) is 9.97 Å². The standard InChI is InChI=1S/C22H24F2N4O4/c1-27-16-11-25-18(10-13-7-8-14(20(29)30)9-17(13)32-2)26-19(16)28(15-5-3-4-6-15)12-22(23,24)21(27)31/h7-9,11,15H,3-6,10,12H2,1-2H3,(H,29,30). The molecule has 10 heteroatoms. The number of aromatic carboxylic acids is 1. The first-order valence-electron chi connectivity index (χ1n) is 10.4. The first-order valence-corrected chi connectivity index (χ1v) is 10.4. The van der Waals surface area contributed by atoms with Gasteiger partial charge in [0.15, 0.2) is 5.82 Å². The summed E-state index contributed by atoms with van der Waals surface area (Å²) in [6, 6.07) is 4.38. The molecule has 1 saturated carbocycles. The third kappa shape index (κ3) is 3.96.